The lowest BCUT2D eigenvalue weighted by Gasteiger charge is -2.20. The van der Waals surface area contributed by atoms with Crippen LogP contribution in [0.25, 0.3) is 0 Å². The van der Waals surface area contributed by atoms with Gasteiger partial charge in [0, 0.05) is 28.6 Å². The number of hydrogen-bond acceptors (Lipinski definition) is 4. The number of nitrogens with zero attached hydrogens (tertiary/aromatic N) is 2. The highest BCUT2D eigenvalue weighted by atomic mass is 16.2. The number of anilines is 3. The summed E-state index contributed by atoms with van der Waals surface area (Å²) in [6, 6.07) is 7.83. The lowest BCUT2D eigenvalue weighted by Crippen LogP contribution is -2.28. The van der Waals surface area contributed by atoms with Gasteiger partial charge < -0.3 is 10.6 Å². The molecular formula is C18H24N4O. The van der Waals surface area contributed by atoms with Gasteiger partial charge in [-0.2, -0.15) is 0 Å². The third-order valence-electron chi connectivity index (χ3n) is 3.50. The lowest BCUT2D eigenvalue weighted by atomic mass is 9.95. The van der Waals surface area contributed by atoms with Gasteiger partial charge in [0.05, 0.1) is 0 Å². The van der Waals surface area contributed by atoms with Crippen LogP contribution in [0.15, 0.2) is 30.6 Å². The van der Waals surface area contributed by atoms with Gasteiger partial charge in [0.2, 0.25) is 5.91 Å². The molecule has 0 fully saturated rings. The van der Waals surface area contributed by atoms with Crippen molar-refractivity contribution in [3.63, 3.8) is 0 Å². The molecule has 2 N–H and O–H groups in total. The molecule has 2 aromatic rings. The second-order valence-corrected chi connectivity index (χ2v) is 6.60. The maximum atomic E-state index is 12.3. The molecule has 5 nitrogen and oxygen atoms in total. The van der Waals surface area contributed by atoms with Crippen LogP contribution in [0.3, 0.4) is 0 Å². The summed E-state index contributed by atoms with van der Waals surface area (Å²) in [6.45, 7) is 9.70. The number of carbonyl (C=O) groups excluding carboxylic acids is 1. The van der Waals surface area contributed by atoms with Crippen molar-refractivity contribution in [2.24, 2.45) is 5.41 Å². The molecule has 122 valence electrons. The molecule has 1 aromatic heterocycles. The van der Waals surface area contributed by atoms with Crippen molar-refractivity contribution in [3.8, 4) is 0 Å². The Morgan fingerprint density at radius 1 is 1.17 bits per heavy atom. The molecule has 0 spiro atoms. The van der Waals surface area contributed by atoms with Gasteiger partial charge in [-0.15, -0.1) is 0 Å². The van der Waals surface area contributed by atoms with Crippen molar-refractivity contribution in [1.29, 1.82) is 0 Å². The topological polar surface area (TPSA) is 66.9 Å². The van der Waals surface area contributed by atoms with E-state index in [2.05, 4.69) is 27.5 Å². The molecule has 0 bridgehead atoms. The van der Waals surface area contributed by atoms with Crippen LogP contribution in [0, 0.1) is 12.3 Å². The molecule has 0 aliphatic rings. The Bertz CT molecular complexity index is 704. The molecule has 0 aliphatic heterocycles. The minimum absolute atomic E-state index is 0.00207. The van der Waals surface area contributed by atoms with Crippen LogP contribution in [-0.2, 0) is 11.2 Å². The molecular weight excluding hydrogens is 288 g/mol. The van der Waals surface area contributed by atoms with Crippen molar-refractivity contribution < 1.29 is 4.79 Å². The zero-order valence-electron chi connectivity index (χ0n) is 14.4. The molecule has 0 atom stereocenters. The van der Waals surface area contributed by atoms with Crippen molar-refractivity contribution in [1.82, 2.24) is 9.97 Å². The number of aryl methyl sites for hydroxylation is 2. The first-order chi connectivity index (χ1) is 10.8. The number of benzene rings is 1. The first kappa shape index (κ1) is 16.9. The summed E-state index contributed by atoms with van der Waals surface area (Å²) >= 11 is 0. The van der Waals surface area contributed by atoms with E-state index in [1.807, 2.05) is 52.0 Å². The van der Waals surface area contributed by atoms with E-state index in [0.29, 0.717) is 0 Å². The Morgan fingerprint density at radius 2 is 1.91 bits per heavy atom. The summed E-state index contributed by atoms with van der Waals surface area (Å²) in [4.78, 5) is 20.5. The van der Waals surface area contributed by atoms with E-state index >= 15 is 0 Å². The summed E-state index contributed by atoms with van der Waals surface area (Å²) in [5.41, 5.74) is 3.28. The van der Waals surface area contributed by atoms with Gasteiger partial charge in [-0.1, -0.05) is 33.8 Å². The number of carbonyl (C=O) groups is 1. The summed E-state index contributed by atoms with van der Waals surface area (Å²) in [7, 11) is 0. The fraction of sp³-hybridized carbons (Fsp3) is 0.389. The van der Waals surface area contributed by atoms with Crippen LogP contribution in [-0.4, -0.2) is 15.9 Å². The number of hydrogen-bond donors (Lipinski definition) is 2. The SMILES string of the molecule is CCc1ccc(Nc2cc(C)ncn2)cc1NC(=O)C(C)(C)C. The second kappa shape index (κ2) is 6.77. The number of rotatable bonds is 4. The Hall–Kier alpha value is -2.43. The van der Waals surface area contributed by atoms with Crippen LogP contribution < -0.4 is 10.6 Å². The fourth-order valence-electron chi connectivity index (χ4n) is 2.06. The van der Waals surface area contributed by atoms with Gasteiger partial charge in [-0.25, -0.2) is 9.97 Å². The summed E-state index contributed by atoms with van der Waals surface area (Å²) in [6.07, 6.45) is 2.38. The van der Waals surface area contributed by atoms with Crippen LogP contribution >= 0.6 is 0 Å². The van der Waals surface area contributed by atoms with Crippen LogP contribution in [0.2, 0.25) is 0 Å². The molecule has 5 heteroatoms. The molecule has 1 amide bonds. The predicted octanol–water partition coefficient (Wildman–Crippen LogP) is 4.08. The van der Waals surface area contributed by atoms with E-state index < -0.39 is 5.41 Å². The van der Waals surface area contributed by atoms with Crippen LogP contribution in [0.1, 0.15) is 39.0 Å². The van der Waals surface area contributed by atoms with E-state index in [1.165, 1.54) is 6.33 Å². The van der Waals surface area contributed by atoms with E-state index in [-0.39, 0.29) is 5.91 Å². The van der Waals surface area contributed by atoms with Gasteiger partial charge in [0.1, 0.15) is 12.1 Å². The Morgan fingerprint density at radius 3 is 2.52 bits per heavy atom. The van der Waals surface area contributed by atoms with E-state index in [9.17, 15) is 4.79 Å². The first-order valence-electron chi connectivity index (χ1n) is 7.79. The Balaban J connectivity index is 2.26. The summed E-state index contributed by atoms with van der Waals surface area (Å²) < 4.78 is 0. The highest BCUT2D eigenvalue weighted by Crippen LogP contribution is 2.26. The minimum Gasteiger partial charge on any atom is -0.340 e. The average molecular weight is 312 g/mol. The average Bonchev–Trinajstić information content (AvgIpc) is 2.46. The largest absolute Gasteiger partial charge is 0.340 e. The Kier molecular flexibility index (Phi) is 4.98. The highest BCUT2D eigenvalue weighted by Gasteiger charge is 2.22. The number of aromatic nitrogens is 2. The van der Waals surface area contributed by atoms with E-state index in [4.69, 9.17) is 0 Å². The smallest absolute Gasteiger partial charge is 0.229 e. The first-order valence-corrected chi connectivity index (χ1v) is 7.79. The molecule has 0 aliphatic carbocycles. The molecule has 0 unspecified atom stereocenters. The predicted molar refractivity (Wildman–Crippen MR) is 94.0 cm³/mol. The van der Waals surface area contributed by atoms with Gasteiger partial charge in [0.15, 0.2) is 0 Å². The van der Waals surface area contributed by atoms with Crippen molar-refractivity contribution in [2.75, 3.05) is 10.6 Å². The molecule has 1 heterocycles. The van der Waals surface area contributed by atoms with Crippen LogP contribution in [0.5, 0.6) is 0 Å². The normalized spacial score (nSPS) is 11.2. The zero-order chi connectivity index (χ0) is 17.0. The van der Waals surface area contributed by atoms with Crippen molar-refractivity contribution >= 4 is 23.1 Å². The second-order valence-electron chi connectivity index (χ2n) is 6.60. The highest BCUT2D eigenvalue weighted by molar-refractivity contribution is 5.95. The van der Waals surface area contributed by atoms with Crippen molar-refractivity contribution in [3.05, 3.63) is 41.9 Å². The summed E-state index contributed by atoms with van der Waals surface area (Å²) in [5.74, 6) is 0.733. The zero-order valence-corrected chi connectivity index (χ0v) is 14.4. The third kappa shape index (κ3) is 4.52. The molecule has 23 heavy (non-hydrogen) atoms. The summed E-state index contributed by atoms with van der Waals surface area (Å²) in [5, 5.41) is 6.27. The molecule has 0 saturated carbocycles. The van der Waals surface area contributed by atoms with Gasteiger partial charge >= 0.3 is 0 Å². The lowest BCUT2D eigenvalue weighted by molar-refractivity contribution is -0.123. The maximum Gasteiger partial charge on any atom is 0.229 e. The number of nitrogens with one attached hydrogen (secondary N) is 2. The standard InChI is InChI=1S/C18H24N4O/c1-6-13-7-8-14(21-16-9-12(2)19-11-20-16)10-15(13)22-17(23)18(3,4)5/h7-11H,6H2,1-5H3,(H,22,23)(H,19,20,21). The van der Waals surface area contributed by atoms with E-state index in [0.717, 1.165) is 34.9 Å². The van der Waals surface area contributed by atoms with Gasteiger partial charge in [-0.3, -0.25) is 4.79 Å². The van der Waals surface area contributed by atoms with Crippen LogP contribution in [0.4, 0.5) is 17.2 Å². The molecule has 0 saturated heterocycles. The quantitative estimate of drug-likeness (QED) is 0.893. The molecule has 0 radical (unpaired) electrons. The Labute approximate surface area is 137 Å². The van der Waals surface area contributed by atoms with Gasteiger partial charge in [0.25, 0.3) is 0 Å². The minimum atomic E-state index is -0.432. The monoisotopic (exact) mass is 312 g/mol. The van der Waals surface area contributed by atoms with Crippen molar-refractivity contribution in [2.45, 2.75) is 41.0 Å². The molecule has 2 rings (SSSR count). The molecule has 1 aromatic carbocycles. The number of amides is 1. The fourth-order valence-corrected chi connectivity index (χ4v) is 2.06. The van der Waals surface area contributed by atoms with Gasteiger partial charge in [-0.05, 0) is 31.0 Å². The maximum absolute atomic E-state index is 12.3. The van der Waals surface area contributed by atoms with E-state index in [1.54, 1.807) is 0 Å². The third-order valence-corrected chi connectivity index (χ3v) is 3.50.